The summed E-state index contributed by atoms with van der Waals surface area (Å²) in [6.45, 7) is 10.5. The molecule has 5 fully saturated rings. The summed E-state index contributed by atoms with van der Waals surface area (Å²) < 4.78 is 0. The molecule has 0 aromatic rings. The van der Waals surface area contributed by atoms with Crippen LogP contribution in [0, 0.1) is 71.0 Å². The topological polar surface area (TPSA) is 0 Å². The summed E-state index contributed by atoms with van der Waals surface area (Å²) in [4.78, 5) is 0. The van der Waals surface area contributed by atoms with E-state index in [9.17, 15) is 0 Å². The maximum absolute atomic E-state index is 2.73. The van der Waals surface area contributed by atoms with Crippen molar-refractivity contribution in [2.75, 3.05) is 0 Å². The van der Waals surface area contributed by atoms with Crippen LogP contribution in [0.15, 0.2) is 0 Å². The summed E-state index contributed by atoms with van der Waals surface area (Å²) in [6.07, 6.45) is 23.3. The number of hydrogen-bond acceptors (Lipinski definition) is 0. The molecule has 0 spiro atoms. The predicted octanol–water partition coefficient (Wildman–Crippen LogP) is 9.38. The van der Waals surface area contributed by atoms with Crippen molar-refractivity contribution in [3.05, 3.63) is 0 Å². The van der Waals surface area contributed by atoms with Crippen LogP contribution >= 0.6 is 0 Å². The Labute approximate surface area is 195 Å². The average Bonchev–Trinajstić information content (AvgIpc) is 3.47. The molecule has 5 aliphatic rings. The Morgan fingerprint density at radius 2 is 1.23 bits per heavy atom. The molecule has 0 aliphatic heterocycles. The van der Waals surface area contributed by atoms with Gasteiger partial charge in [0.25, 0.3) is 0 Å². The summed E-state index contributed by atoms with van der Waals surface area (Å²) in [5, 5.41) is 0. The summed E-state index contributed by atoms with van der Waals surface area (Å²) in [6, 6.07) is 0. The molecule has 5 aliphatic carbocycles. The van der Waals surface area contributed by atoms with Crippen LogP contribution in [0.3, 0.4) is 0 Å². The van der Waals surface area contributed by atoms with Gasteiger partial charge in [-0.25, -0.2) is 0 Å². The Morgan fingerprint density at radius 1 is 0.645 bits per heavy atom. The van der Waals surface area contributed by atoms with Crippen LogP contribution in [-0.4, -0.2) is 0 Å². The van der Waals surface area contributed by atoms with Crippen molar-refractivity contribution in [1.29, 1.82) is 0 Å². The van der Waals surface area contributed by atoms with E-state index >= 15 is 0 Å². The van der Waals surface area contributed by atoms with E-state index in [0.717, 1.165) is 71.0 Å². The molecule has 0 N–H and O–H groups in total. The largest absolute Gasteiger partial charge is 0.0651 e. The molecule has 0 radical (unpaired) electrons. The minimum Gasteiger partial charge on any atom is -0.0651 e. The van der Waals surface area contributed by atoms with Gasteiger partial charge in [0.05, 0.1) is 0 Å². The standard InChI is InChI=1S/C31H54/c1-5-26-30-17-9-14-27(30)22(4)31(26)21(3)23-11-7-12-25(19-23)29-15-6-10-20(2)18-24-13-8-16-28(24)29/h20-31H,5-19H2,1-4H3. The van der Waals surface area contributed by atoms with Crippen molar-refractivity contribution in [2.45, 2.75) is 124 Å². The molecule has 31 heavy (non-hydrogen) atoms. The molecule has 12 unspecified atom stereocenters. The molecule has 178 valence electrons. The zero-order chi connectivity index (χ0) is 21.5. The molecule has 0 heteroatoms. The number of fused-ring (bicyclic) bond motifs is 2. The number of rotatable bonds is 4. The van der Waals surface area contributed by atoms with Crippen LogP contribution in [0.1, 0.15) is 124 Å². The molecule has 0 saturated heterocycles. The second-order valence-electron chi connectivity index (χ2n) is 13.6. The van der Waals surface area contributed by atoms with Crippen LogP contribution in [0.5, 0.6) is 0 Å². The maximum Gasteiger partial charge on any atom is -0.0326 e. The second-order valence-corrected chi connectivity index (χ2v) is 13.6. The lowest BCUT2D eigenvalue weighted by atomic mass is 9.61. The lowest BCUT2D eigenvalue weighted by Crippen LogP contribution is -2.36. The Balaban J connectivity index is 1.28. The van der Waals surface area contributed by atoms with E-state index in [-0.39, 0.29) is 0 Å². The lowest BCUT2D eigenvalue weighted by Gasteiger charge is -2.44. The van der Waals surface area contributed by atoms with E-state index in [4.69, 9.17) is 0 Å². The molecular formula is C31H54. The molecule has 0 bridgehead atoms. The Hall–Kier alpha value is 0. The van der Waals surface area contributed by atoms with Crippen LogP contribution in [0.2, 0.25) is 0 Å². The summed E-state index contributed by atoms with van der Waals surface area (Å²) in [5.41, 5.74) is 0. The smallest absolute Gasteiger partial charge is 0.0326 e. The normalized spacial score (nSPS) is 51.7. The van der Waals surface area contributed by atoms with Gasteiger partial charge in [-0.15, -0.1) is 0 Å². The van der Waals surface area contributed by atoms with Crippen LogP contribution in [0.4, 0.5) is 0 Å². The van der Waals surface area contributed by atoms with Crippen molar-refractivity contribution in [3.63, 3.8) is 0 Å². The summed E-state index contributed by atoms with van der Waals surface area (Å²) in [5.74, 6) is 12.7. The second kappa shape index (κ2) is 9.70. The van der Waals surface area contributed by atoms with Crippen LogP contribution in [-0.2, 0) is 0 Å². The summed E-state index contributed by atoms with van der Waals surface area (Å²) in [7, 11) is 0. The molecule has 0 aromatic heterocycles. The zero-order valence-corrected chi connectivity index (χ0v) is 21.5. The SMILES string of the molecule is CCC1C2CCCC2C(C)C1C(C)C1CCCC(C2CCCC(C)CC3CCCC32)C1. The predicted molar refractivity (Wildman–Crippen MR) is 134 cm³/mol. The first-order chi connectivity index (χ1) is 15.1. The Kier molecular flexibility index (Phi) is 7.13. The quantitative estimate of drug-likeness (QED) is 0.420. The molecule has 12 atom stereocenters. The highest BCUT2D eigenvalue weighted by atomic mass is 14.6. The van der Waals surface area contributed by atoms with Gasteiger partial charge in [0.1, 0.15) is 0 Å². The van der Waals surface area contributed by atoms with Gasteiger partial charge in [-0.1, -0.05) is 85.5 Å². The molecule has 5 rings (SSSR count). The third-order valence-electron chi connectivity index (χ3n) is 12.3. The van der Waals surface area contributed by atoms with Gasteiger partial charge in [-0.05, 0) is 110 Å². The van der Waals surface area contributed by atoms with Gasteiger partial charge < -0.3 is 0 Å². The fourth-order valence-electron chi connectivity index (χ4n) is 11.1. The van der Waals surface area contributed by atoms with Crippen molar-refractivity contribution >= 4 is 0 Å². The van der Waals surface area contributed by atoms with Crippen molar-refractivity contribution < 1.29 is 0 Å². The molecule has 0 amide bonds. The highest BCUT2D eigenvalue weighted by molar-refractivity contribution is 5.01. The van der Waals surface area contributed by atoms with Gasteiger partial charge in [0.2, 0.25) is 0 Å². The molecular weight excluding hydrogens is 372 g/mol. The van der Waals surface area contributed by atoms with Crippen LogP contribution < -0.4 is 0 Å². The van der Waals surface area contributed by atoms with Crippen molar-refractivity contribution in [3.8, 4) is 0 Å². The average molecular weight is 427 g/mol. The van der Waals surface area contributed by atoms with E-state index in [1.807, 2.05) is 0 Å². The van der Waals surface area contributed by atoms with E-state index in [2.05, 4.69) is 27.7 Å². The van der Waals surface area contributed by atoms with Crippen molar-refractivity contribution in [1.82, 2.24) is 0 Å². The van der Waals surface area contributed by atoms with Gasteiger partial charge >= 0.3 is 0 Å². The van der Waals surface area contributed by atoms with Crippen molar-refractivity contribution in [2.24, 2.45) is 71.0 Å². The molecule has 0 nitrogen and oxygen atoms in total. The van der Waals surface area contributed by atoms with E-state index < -0.39 is 0 Å². The Bertz CT molecular complexity index is 579. The molecule has 0 heterocycles. The van der Waals surface area contributed by atoms with Gasteiger partial charge in [-0.2, -0.15) is 0 Å². The summed E-state index contributed by atoms with van der Waals surface area (Å²) >= 11 is 0. The van der Waals surface area contributed by atoms with E-state index in [0.29, 0.717) is 0 Å². The third-order valence-corrected chi connectivity index (χ3v) is 12.3. The molecule has 5 saturated carbocycles. The zero-order valence-electron chi connectivity index (χ0n) is 21.5. The highest BCUT2D eigenvalue weighted by Crippen LogP contribution is 2.59. The fraction of sp³-hybridized carbons (Fsp3) is 1.00. The lowest BCUT2D eigenvalue weighted by molar-refractivity contribution is 0.0521. The third kappa shape index (κ3) is 4.30. The maximum atomic E-state index is 2.73. The van der Waals surface area contributed by atoms with E-state index in [1.165, 1.54) is 25.7 Å². The minimum absolute atomic E-state index is 0.987. The van der Waals surface area contributed by atoms with Gasteiger partial charge in [0, 0.05) is 0 Å². The number of hydrogen-bond donors (Lipinski definition) is 0. The Morgan fingerprint density at radius 3 is 1.97 bits per heavy atom. The molecule has 0 aromatic carbocycles. The highest BCUT2D eigenvalue weighted by Gasteiger charge is 2.52. The first kappa shape index (κ1) is 22.8. The van der Waals surface area contributed by atoms with Crippen LogP contribution in [0.25, 0.3) is 0 Å². The monoisotopic (exact) mass is 426 g/mol. The first-order valence-corrected chi connectivity index (χ1v) is 15.1. The fourth-order valence-corrected chi connectivity index (χ4v) is 11.1. The minimum atomic E-state index is 0.987. The van der Waals surface area contributed by atoms with Gasteiger partial charge in [-0.3, -0.25) is 0 Å². The van der Waals surface area contributed by atoms with Gasteiger partial charge in [0.15, 0.2) is 0 Å². The van der Waals surface area contributed by atoms with E-state index in [1.54, 1.807) is 70.6 Å². The first-order valence-electron chi connectivity index (χ1n) is 15.1.